The summed E-state index contributed by atoms with van der Waals surface area (Å²) in [5.74, 6) is 0. The highest BCUT2D eigenvalue weighted by molar-refractivity contribution is 7.80. The molecule has 0 aliphatic rings. The molecule has 1 rings (SSSR count). The van der Waals surface area contributed by atoms with Gasteiger partial charge in [0.15, 0.2) is 5.11 Å². The molecule has 0 fully saturated rings. The lowest BCUT2D eigenvalue weighted by Gasteiger charge is -2.11. The molecule has 0 aliphatic carbocycles. The fourth-order valence-corrected chi connectivity index (χ4v) is 2.01. The van der Waals surface area contributed by atoms with Crippen molar-refractivity contribution in [1.82, 2.24) is 15.6 Å². The van der Waals surface area contributed by atoms with Gasteiger partial charge in [0, 0.05) is 17.1 Å². The second-order valence-electron chi connectivity index (χ2n) is 3.33. The molecule has 2 N–H and O–H groups in total. The van der Waals surface area contributed by atoms with Gasteiger partial charge in [-0.1, -0.05) is 0 Å². The average Bonchev–Trinajstić information content (AvgIpc) is 2.47. The Bertz CT molecular complexity index is 307. The first kappa shape index (κ1) is 11.4. The van der Waals surface area contributed by atoms with Crippen LogP contribution < -0.4 is 10.6 Å². The van der Waals surface area contributed by atoms with E-state index in [1.165, 1.54) is 4.88 Å². The van der Waals surface area contributed by atoms with Crippen LogP contribution in [0.3, 0.4) is 0 Å². The average molecular weight is 229 g/mol. The fourth-order valence-electron chi connectivity index (χ4n) is 0.968. The molecule has 0 saturated carbocycles. The summed E-state index contributed by atoms with van der Waals surface area (Å²) in [5.41, 5.74) is 0. The molecule has 0 radical (unpaired) electrons. The number of aromatic nitrogens is 1. The third-order valence-electron chi connectivity index (χ3n) is 1.51. The minimum Gasteiger partial charge on any atom is -0.361 e. The highest BCUT2D eigenvalue weighted by Crippen LogP contribution is 2.10. The molecule has 3 nitrogen and oxygen atoms in total. The van der Waals surface area contributed by atoms with Crippen LogP contribution in [0.25, 0.3) is 0 Å². The first-order chi connectivity index (χ1) is 6.58. The van der Waals surface area contributed by atoms with Crippen molar-refractivity contribution in [1.29, 1.82) is 0 Å². The van der Waals surface area contributed by atoms with Gasteiger partial charge in [-0.05, 0) is 33.0 Å². The highest BCUT2D eigenvalue weighted by atomic mass is 32.1. The Hall–Kier alpha value is -0.680. The van der Waals surface area contributed by atoms with Crippen LogP contribution in [0.2, 0.25) is 0 Å². The zero-order valence-electron chi connectivity index (χ0n) is 8.63. The van der Waals surface area contributed by atoms with Gasteiger partial charge in [-0.25, -0.2) is 4.98 Å². The lowest BCUT2D eigenvalue weighted by Crippen LogP contribution is -2.38. The molecular weight excluding hydrogens is 214 g/mol. The van der Waals surface area contributed by atoms with Crippen molar-refractivity contribution in [3.8, 4) is 0 Å². The van der Waals surface area contributed by atoms with E-state index >= 15 is 0 Å². The smallest absolute Gasteiger partial charge is 0.166 e. The van der Waals surface area contributed by atoms with E-state index in [9.17, 15) is 0 Å². The monoisotopic (exact) mass is 229 g/mol. The van der Waals surface area contributed by atoms with E-state index < -0.39 is 0 Å². The minimum absolute atomic E-state index is 0.373. The molecule has 0 aromatic carbocycles. The van der Waals surface area contributed by atoms with E-state index in [1.807, 2.05) is 13.1 Å². The zero-order chi connectivity index (χ0) is 10.6. The summed E-state index contributed by atoms with van der Waals surface area (Å²) < 4.78 is 0. The van der Waals surface area contributed by atoms with Crippen molar-refractivity contribution < 1.29 is 0 Å². The van der Waals surface area contributed by atoms with Crippen LogP contribution in [0, 0.1) is 6.92 Å². The predicted octanol–water partition coefficient (Wildman–Crippen LogP) is 1.82. The molecule has 0 aliphatic heterocycles. The summed E-state index contributed by atoms with van der Waals surface area (Å²) in [7, 11) is 0. The molecule has 78 valence electrons. The Morgan fingerprint density at radius 2 is 2.36 bits per heavy atom. The maximum Gasteiger partial charge on any atom is 0.166 e. The standard InChI is InChI=1S/C9H15N3S2/c1-6(2)12-9(13)11-5-8-4-10-7(3)14-8/h4,6H,5H2,1-3H3,(H2,11,12,13). The minimum atomic E-state index is 0.373. The third-order valence-corrected chi connectivity index (χ3v) is 2.69. The van der Waals surface area contributed by atoms with Crippen LogP contribution >= 0.6 is 23.6 Å². The van der Waals surface area contributed by atoms with Gasteiger partial charge < -0.3 is 10.6 Å². The van der Waals surface area contributed by atoms with Gasteiger partial charge in [0.1, 0.15) is 0 Å². The molecule has 1 aromatic heterocycles. The maximum absolute atomic E-state index is 5.10. The lowest BCUT2D eigenvalue weighted by atomic mass is 10.4. The number of nitrogens with zero attached hydrogens (tertiary/aromatic N) is 1. The summed E-state index contributed by atoms with van der Waals surface area (Å²) in [4.78, 5) is 5.37. The van der Waals surface area contributed by atoms with Gasteiger partial charge in [-0.15, -0.1) is 11.3 Å². The Kier molecular flexibility index (Phi) is 4.28. The fraction of sp³-hybridized carbons (Fsp3) is 0.556. The molecule has 0 spiro atoms. The summed E-state index contributed by atoms with van der Waals surface area (Å²) >= 11 is 6.79. The lowest BCUT2D eigenvalue weighted by molar-refractivity contribution is 0.713. The van der Waals surface area contributed by atoms with E-state index in [-0.39, 0.29) is 0 Å². The van der Waals surface area contributed by atoms with Crippen LogP contribution in [0.15, 0.2) is 6.20 Å². The van der Waals surface area contributed by atoms with Crippen molar-refractivity contribution in [2.24, 2.45) is 0 Å². The van der Waals surface area contributed by atoms with E-state index in [2.05, 4.69) is 29.5 Å². The molecule has 0 unspecified atom stereocenters. The molecular formula is C9H15N3S2. The molecule has 0 amide bonds. The van der Waals surface area contributed by atoms with Crippen molar-refractivity contribution in [3.63, 3.8) is 0 Å². The summed E-state index contributed by atoms with van der Waals surface area (Å²) in [6.07, 6.45) is 1.88. The van der Waals surface area contributed by atoms with Gasteiger partial charge in [-0.2, -0.15) is 0 Å². The van der Waals surface area contributed by atoms with Crippen molar-refractivity contribution in [2.45, 2.75) is 33.4 Å². The predicted molar refractivity (Wildman–Crippen MR) is 64.6 cm³/mol. The molecule has 1 heterocycles. The maximum atomic E-state index is 5.10. The second kappa shape index (κ2) is 5.26. The molecule has 0 bridgehead atoms. The molecule has 0 atom stereocenters. The molecule has 0 saturated heterocycles. The zero-order valence-corrected chi connectivity index (χ0v) is 10.3. The SMILES string of the molecule is Cc1ncc(CNC(=S)NC(C)C)s1. The summed E-state index contributed by atoms with van der Waals surface area (Å²) in [5, 5.41) is 8.05. The number of rotatable bonds is 3. The highest BCUT2D eigenvalue weighted by Gasteiger charge is 2.00. The van der Waals surface area contributed by atoms with Crippen LogP contribution in [0.4, 0.5) is 0 Å². The van der Waals surface area contributed by atoms with Gasteiger partial charge >= 0.3 is 0 Å². The number of nitrogens with one attached hydrogen (secondary N) is 2. The van der Waals surface area contributed by atoms with E-state index in [0.29, 0.717) is 11.2 Å². The van der Waals surface area contributed by atoms with Crippen LogP contribution in [0.1, 0.15) is 23.7 Å². The summed E-state index contributed by atoms with van der Waals surface area (Å²) in [6.45, 7) is 6.87. The van der Waals surface area contributed by atoms with E-state index in [0.717, 1.165) is 11.6 Å². The topological polar surface area (TPSA) is 37.0 Å². The van der Waals surface area contributed by atoms with Crippen molar-refractivity contribution in [3.05, 3.63) is 16.1 Å². The molecule has 1 aromatic rings. The van der Waals surface area contributed by atoms with Crippen LogP contribution in [0.5, 0.6) is 0 Å². The Labute approximate surface area is 93.9 Å². The number of hydrogen-bond acceptors (Lipinski definition) is 3. The van der Waals surface area contributed by atoms with Crippen molar-refractivity contribution in [2.75, 3.05) is 0 Å². The summed E-state index contributed by atoms with van der Waals surface area (Å²) in [6, 6.07) is 0.373. The Balaban J connectivity index is 2.30. The number of hydrogen-bond donors (Lipinski definition) is 2. The van der Waals surface area contributed by atoms with Crippen LogP contribution in [-0.2, 0) is 6.54 Å². The molecule has 5 heteroatoms. The molecule has 14 heavy (non-hydrogen) atoms. The van der Waals surface area contributed by atoms with Gasteiger partial charge in [-0.3, -0.25) is 0 Å². The van der Waals surface area contributed by atoms with Gasteiger partial charge in [0.25, 0.3) is 0 Å². The normalized spacial score (nSPS) is 10.3. The van der Waals surface area contributed by atoms with Gasteiger partial charge in [0.05, 0.1) is 11.6 Å². The van der Waals surface area contributed by atoms with E-state index in [1.54, 1.807) is 11.3 Å². The number of aryl methyl sites for hydroxylation is 1. The Morgan fingerprint density at radius 1 is 1.64 bits per heavy atom. The van der Waals surface area contributed by atoms with Gasteiger partial charge in [0.2, 0.25) is 0 Å². The Morgan fingerprint density at radius 3 is 2.86 bits per heavy atom. The first-order valence-corrected chi connectivity index (χ1v) is 5.76. The van der Waals surface area contributed by atoms with E-state index in [4.69, 9.17) is 12.2 Å². The largest absolute Gasteiger partial charge is 0.361 e. The number of thiazole rings is 1. The number of thiocarbonyl (C=S) groups is 1. The first-order valence-electron chi connectivity index (χ1n) is 4.53. The van der Waals surface area contributed by atoms with Crippen molar-refractivity contribution >= 4 is 28.7 Å². The second-order valence-corrected chi connectivity index (χ2v) is 5.05. The quantitative estimate of drug-likeness (QED) is 0.775. The third kappa shape index (κ3) is 4.02. The van der Waals surface area contributed by atoms with Crippen LogP contribution in [-0.4, -0.2) is 16.1 Å².